The summed E-state index contributed by atoms with van der Waals surface area (Å²) in [5, 5.41) is 0. The molecule has 3 heteroatoms. The van der Waals surface area contributed by atoms with Crippen LogP contribution in [0.4, 0.5) is 4.39 Å². The van der Waals surface area contributed by atoms with E-state index in [0.29, 0.717) is 11.5 Å². The van der Waals surface area contributed by atoms with Gasteiger partial charge in [-0.3, -0.25) is 4.79 Å². The minimum atomic E-state index is -0.312. The van der Waals surface area contributed by atoms with Crippen LogP contribution in [-0.2, 0) is 11.2 Å². The van der Waals surface area contributed by atoms with Crippen molar-refractivity contribution in [3.63, 3.8) is 0 Å². The van der Waals surface area contributed by atoms with E-state index in [4.69, 9.17) is 0 Å². The summed E-state index contributed by atoms with van der Waals surface area (Å²) in [4.78, 5) is 11.8. The van der Waals surface area contributed by atoms with Gasteiger partial charge in [-0.05, 0) is 29.7 Å². The Morgan fingerprint density at radius 1 is 1.38 bits per heavy atom. The van der Waals surface area contributed by atoms with E-state index in [2.05, 4.69) is 15.9 Å². The number of halogens is 2. The molecule has 0 bridgehead atoms. The second-order valence-corrected chi connectivity index (χ2v) is 5.33. The second kappa shape index (κ2) is 5.58. The Bertz CT molecular complexity index is 388. The molecule has 1 atom stereocenters. The standard InChI is InChI=1S/C13H16BrFO/c1-8(2)9(3)13(16)7-10-6-11(14)4-5-12(10)15/h4-6,8-9H,7H2,1-3H3. The maximum absolute atomic E-state index is 13.4. The van der Waals surface area contributed by atoms with Crippen molar-refractivity contribution >= 4 is 21.7 Å². The van der Waals surface area contributed by atoms with Crippen molar-refractivity contribution in [1.29, 1.82) is 0 Å². The predicted octanol–water partition coefficient (Wildman–Crippen LogP) is 3.99. The monoisotopic (exact) mass is 286 g/mol. The highest BCUT2D eigenvalue weighted by molar-refractivity contribution is 9.10. The van der Waals surface area contributed by atoms with E-state index >= 15 is 0 Å². The number of rotatable bonds is 4. The number of ketones is 1. The highest BCUT2D eigenvalue weighted by Gasteiger charge is 2.18. The van der Waals surface area contributed by atoms with E-state index in [1.54, 1.807) is 12.1 Å². The van der Waals surface area contributed by atoms with Crippen LogP contribution in [0.2, 0.25) is 0 Å². The average molecular weight is 287 g/mol. The molecule has 1 rings (SSSR count). The highest BCUT2D eigenvalue weighted by atomic mass is 79.9. The van der Waals surface area contributed by atoms with Crippen molar-refractivity contribution in [2.24, 2.45) is 11.8 Å². The SMILES string of the molecule is CC(C)C(C)C(=O)Cc1cc(Br)ccc1F. The topological polar surface area (TPSA) is 17.1 Å². The summed E-state index contributed by atoms with van der Waals surface area (Å²) in [5.74, 6) is 0.0422. The van der Waals surface area contributed by atoms with E-state index in [9.17, 15) is 9.18 Å². The molecular weight excluding hydrogens is 271 g/mol. The molecule has 0 saturated heterocycles. The third kappa shape index (κ3) is 3.41. The fourth-order valence-corrected chi connectivity index (χ4v) is 1.81. The van der Waals surface area contributed by atoms with Crippen LogP contribution in [0, 0.1) is 17.7 Å². The van der Waals surface area contributed by atoms with Gasteiger partial charge in [0.25, 0.3) is 0 Å². The van der Waals surface area contributed by atoms with Crippen molar-refractivity contribution in [3.05, 3.63) is 34.1 Å². The normalized spacial score (nSPS) is 12.9. The largest absolute Gasteiger partial charge is 0.299 e. The molecule has 0 radical (unpaired) electrons. The average Bonchev–Trinajstić information content (AvgIpc) is 2.22. The molecule has 0 amide bonds. The first-order valence-electron chi connectivity index (χ1n) is 5.38. The van der Waals surface area contributed by atoms with Crippen LogP contribution in [0.15, 0.2) is 22.7 Å². The summed E-state index contributed by atoms with van der Waals surface area (Å²) in [6.07, 6.45) is 0.171. The Morgan fingerprint density at radius 2 is 2.00 bits per heavy atom. The van der Waals surface area contributed by atoms with Crippen molar-refractivity contribution in [2.75, 3.05) is 0 Å². The molecule has 1 aromatic carbocycles. The Labute approximate surface area is 104 Å². The van der Waals surface area contributed by atoms with Crippen LogP contribution in [0.5, 0.6) is 0 Å². The quantitative estimate of drug-likeness (QED) is 0.818. The number of hydrogen-bond acceptors (Lipinski definition) is 1. The molecule has 1 nitrogen and oxygen atoms in total. The Morgan fingerprint density at radius 3 is 2.56 bits per heavy atom. The van der Waals surface area contributed by atoms with E-state index in [-0.39, 0.29) is 23.9 Å². The minimum Gasteiger partial charge on any atom is -0.299 e. The third-order valence-corrected chi connectivity index (χ3v) is 3.37. The Hall–Kier alpha value is -0.700. The first-order valence-corrected chi connectivity index (χ1v) is 6.17. The number of hydrogen-bond donors (Lipinski definition) is 0. The van der Waals surface area contributed by atoms with Crippen molar-refractivity contribution in [3.8, 4) is 0 Å². The van der Waals surface area contributed by atoms with Gasteiger partial charge in [0, 0.05) is 16.8 Å². The summed E-state index contributed by atoms with van der Waals surface area (Å²) in [7, 11) is 0. The molecule has 0 aromatic heterocycles. The van der Waals surface area contributed by atoms with Crippen molar-refractivity contribution < 1.29 is 9.18 Å². The maximum Gasteiger partial charge on any atom is 0.140 e. The summed E-state index contributed by atoms with van der Waals surface area (Å²) < 4.78 is 14.2. The molecule has 16 heavy (non-hydrogen) atoms. The van der Waals surface area contributed by atoms with Crippen molar-refractivity contribution in [2.45, 2.75) is 27.2 Å². The van der Waals surface area contributed by atoms with Gasteiger partial charge in [-0.2, -0.15) is 0 Å². The number of carbonyl (C=O) groups is 1. The molecule has 88 valence electrons. The molecule has 0 N–H and O–H groups in total. The lowest BCUT2D eigenvalue weighted by molar-refractivity contribution is -0.122. The molecule has 0 aliphatic carbocycles. The summed E-state index contributed by atoms with van der Waals surface area (Å²) in [6, 6.07) is 4.68. The number of benzene rings is 1. The maximum atomic E-state index is 13.4. The molecule has 0 saturated carbocycles. The minimum absolute atomic E-state index is 0.0293. The van der Waals surface area contributed by atoms with E-state index in [0.717, 1.165) is 4.47 Å². The predicted molar refractivity (Wildman–Crippen MR) is 66.8 cm³/mol. The lowest BCUT2D eigenvalue weighted by Crippen LogP contribution is -2.19. The number of carbonyl (C=O) groups excluding carboxylic acids is 1. The highest BCUT2D eigenvalue weighted by Crippen LogP contribution is 2.19. The van der Waals surface area contributed by atoms with Gasteiger partial charge in [-0.15, -0.1) is 0 Å². The fraction of sp³-hybridized carbons (Fsp3) is 0.462. The Kier molecular flexibility index (Phi) is 4.66. The molecule has 0 heterocycles. The zero-order chi connectivity index (χ0) is 12.3. The van der Waals surface area contributed by atoms with Gasteiger partial charge in [0.15, 0.2) is 0 Å². The molecular formula is C13H16BrFO. The van der Waals surface area contributed by atoms with Gasteiger partial charge in [0.1, 0.15) is 11.6 Å². The molecule has 0 spiro atoms. The Balaban J connectivity index is 2.80. The van der Waals surface area contributed by atoms with Crippen LogP contribution in [-0.4, -0.2) is 5.78 Å². The third-order valence-electron chi connectivity index (χ3n) is 2.88. The van der Waals surface area contributed by atoms with E-state index in [1.165, 1.54) is 6.07 Å². The van der Waals surface area contributed by atoms with Crippen LogP contribution >= 0.6 is 15.9 Å². The smallest absolute Gasteiger partial charge is 0.140 e. The first kappa shape index (κ1) is 13.4. The number of Topliss-reactive ketones (excluding diaryl/α,β-unsaturated/α-hetero) is 1. The van der Waals surface area contributed by atoms with Gasteiger partial charge >= 0.3 is 0 Å². The lowest BCUT2D eigenvalue weighted by atomic mass is 9.90. The molecule has 0 aliphatic rings. The van der Waals surface area contributed by atoms with Crippen LogP contribution in [0.1, 0.15) is 26.3 Å². The van der Waals surface area contributed by atoms with E-state index in [1.807, 2.05) is 20.8 Å². The zero-order valence-corrected chi connectivity index (χ0v) is 11.3. The summed E-state index contributed by atoms with van der Waals surface area (Å²) in [5.41, 5.74) is 0.465. The van der Waals surface area contributed by atoms with Crippen molar-refractivity contribution in [1.82, 2.24) is 0 Å². The van der Waals surface area contributed by atoms with Crippen LogP contribution in [0.3, 0.4) is 0 Å². The van der Waals surface area contributed by atoms with Gasteiger partial charge in [0.05, 0.1) is 0 Å². The van der Waals surface area contributed by atoms with Gasteiger partial charge in [0.2, 0.25) is 0 Å². The lowest BCUT2D eigenvalue weighted by Gasteiger charge is -2.14. The van der Waals surface area contributed by atoms with E-state index < -0.39 is 0 Å². The second-order valence-electron chi connectivity index (χ2n) is 4.41. The van der Waals surface area contributed by atoms with Crippen LogP contribution < -0.4 is 0 Å². The summed E-state index contributed by atoms with van der Waals surface area (Å²) >= 11 is 3.27. The first-order chi connectivity index (χ1) is 7.41. The van der Waals surface area contributed by atoms with Gasteiger partial charge < -0.3 is 0 Å². The molecule has 0 fully saturated rings. The summed E-state index contributed by atoms with van der Waals surface area (Å²) in [6.45, 7) is 5.89. The molecule has 0 aliphatic heterocycles. The molecule has 1 aromatic rings. The molecule has 1 unspecified atom stereocenters. The fourth-order valence-electron chi connectivity index (χ4n) is 1.40. The van der Waals surface area contributed by atoms with Gasteiger partial charge in [-0.25, -0.2) is 4.39 Å². The zero-order valence-electron chi connectivity index (χ0n) is 9.76. The van der Waals surface area contributed by atoms with Crippen LogP contribution in [0.25, 0.3) is 0 Å². The van der Waals surface area contributed by atoms with Gasteiger partial charge in [-0.1, -0.05) is 36.7 Å².